The van der Waals surface area contributed by atoms with Gasteiger partial charge in [-0.3, -0.25) is 9.89 Å². The van der Waals surface area contributed by atoms with Crippen LogP contribution < -0.4 is 5.32 Å². The van der Waals surface area contributed by atoms with Crippen molar-refractivity contribution in [2.24, 2.45) is 22.7 Å². The monoisotopic (exact) mass is 385 g/mol. The minimum Gasteiger partial charge on any atom is -0.356 e. The van der Waals surface area contributed by atoms with Crippen LogP contribution in [0.1, 0.15) is 43.8 Å². The number of piperazine rings is 1. The van der Waals surface area contributed by atoms with Crippen molar-refractivity contribution in [2.75, 3.05) is 39.8 Å². The second-order valence-corrected chi connectivity index (χ2v) is 9.37. The minimum absolute atomic E-state index is 0.620. The highest BCUT2D eigenvalue weighted by molar-refractivity contribution is 5.80. The molecule has 0 spiro atoms. The van der Waals surface area contributed by atoms with Crippen LogP contribution in [0, 0.1) is 24.7 Å². The van der Waals surface area contributed by atoms with E-state index in [1.54, 1.807) is 0 Å². The van der Waals surface area contributed by atoms with Crippen molar-refractivity contribution < 1.29 is 0 Å². The molecule has 0 aromatic carbocycles. The zero-order valence-corrected chi connectivity index (χ0v) is 17.5. The summed E-state index contributed by atoms with van der Waals surface area (Å²) < 4.78 is 2.28. The average molecular weight is 386 g/mol. The largest absolute Gasteiger partial charge is 0.356 e. The molecule has 4 atom stereocenters. The van der Waals surface area contributed by atoms with Crippen LogP contribution in [-0.2, 0) is 13.0 Å². The lowest BCUT2D eigenvalue weighted by atomic mass is 9.93. The first-order valence-electron chi connectivity index (χ1n) is 11.3. The van der Waals surface area contributed by atoms with Gasteiger partial charge in [0.2, 0.25) is 0 Å². The fourth-order valence-corrected chi connectivity index (χ4v) is 6.19. The van der Waals surface area contributed by atoms with Gasteiger partial charge < -0.3 is 14.8 Å². The second kappa shape index (κ2) is 7.65. The Kier molecular flexibility index (Phi) is 5.03. The molecule has 154 valence electrons. The third-order valence-electron chi connectivity index (χ3n) is 7.77. The fourth-order valence-electron chi connectivity index (χ4n) is 6.19. The lowest BCUT2D eigenvalue weighted by molar-refractivity contribution is 0.0957. The van der Waals surface area contributed by atoms with Crippen LogP contribution in [0.2, 0.25) is 0 Å². The van der Waals surface area contributed by atoms with Crippen molar-refractivity contribution in [2.45, 2.75) is 58.0 Å². The molecule has 3 fully saturated rings. The van der Waals surface area contributed by atoms with E-state index in [-0.39, 0.29) is 0 Å². The molecular weight excluding hydrogens is 350 g/mol. The topological polar surface area (TPSA) is 61.6 Å². The third kappa shape index (κ3) is 3.42. The quantitative estimate of drug-likeness (QED) is 0.632. The molecule has 2 aliphatic carbocycles. The summed E-state index contributed by atoms with van der Waals surface area (Å²) >= 11 is 0. The van der Waals surface area contributed by atoms with Gasteiger partial charge in [0.1, 0.15) is 11.6 Å². The number of hydrogen-bond donors (Lipinski definition) is 1. The molecule has 1 N–H and O–H groups in total. The van der Waals surface area contributed by atoms with Crippen LogP contribution in [0.4, 0.5) is 0 Å². The van der Waals surface area contributed by atoms with Crippen LogP contribution in [0.15, 0.2) is 4.99 Å². The van der Waals surface area contributed by atoms with E-state index in [9.17, 15) is 0 Å². The highest BCUT2D eigenvalue weighted by atomic mass is 15.4. The summed E-state index contributed by atoms with van der Waals surface area (Å²) in [5, 5.41) is 12.2. The van der Waals surface area contributed by atoms with Crippen molar-refractivity contribution in [3.8, 4) is 0 Å². The van der Waals surface area contributed by atoms with Gasteiger partial charge in [-0.15, -0.1) is 10.2 Å². The number of aryl methyl sites for hydroxylation is 2. The Morgan fingerprint density at radius 3 is 2.68 bits per heavy atom. The van der Waals surface area contributed by atoms with E-state index in [1.165, 1.54) is 45.2 Å². The van der Waals surface area contributed by atoms with E-state index in [2.05, 4.69) is 41.8 Å². The van der Waals surface area contributed by atoms with Gasteiger partial charge in [-0.25, -0.2) is 0 Å². The summed E-state index contributed by atoms with van der Waals surface area (Å²) in [6, 6.07) is 0.874. The molecule has 3 heterocycles. The summed E-state index contributed by atoms with van der Waals surface area (Å²) in [5.41, 5.74) is 0. The van der Waals surface area contributed by atoms with E-state index in [1.807, 2.05) is 7.05 Å². The number of nitrogens with zero attached hydrogens (tertiary/aromatic N) is 6. The number of aromatic nitrogens is 3. The summed E-state index contributed by atoms with van der Waals surface area (Å²) in [5.74, 6) is 5.92. The summed E-state index contributed by atoms with van der Waals surface area (Å²) in [4.78, 5) is 9.83. The van der Waals surface area contributed by atoms with Crippen molar-refractivity contribution in [3.05, 3.63) is 11.6 Å². The van der Waals surface area contributed by atoms with Crippen LogP contribution in [0.25, 0.3) is 0 Å². The number of guanidine groups is 1. The van der Waals surface area contributed by atoms with Crippen molar-refractivity contribution in [1.29, 1.82) is 0 Å². The van der Waals surface area contributed by atoms with Crippen molar-refractivity contribution >= 4 is 5.96 Å². The zero-order chi connectivity index (χ0) is 19.1. The van der Waals surface area contributed by atoms with Gasteiger partial charge in [0.05, 0.1) is 0 Å². The number of aliphatic imine (C=N–C) groups is 1. The maximum Gasteiger partial charge on any atom is 0.193 e. The summed E-state index contributed by atoms with van der Waals surface area (Å²) in [7, 11) is 1.92. The van der Waals surface area contributed by atoms with Gasteiger partial charge in [0.25, 0.3) is 0 Å². The molecule has 4 unspecified atom stereocenters. The number of hydrogen-bond acceptors (Lipinski definition) is 4. The first-order valence-corrected chi connectivity index (χ1v) is 11.3. The first-order chi connectivity index (χ1) is 13.7. The van der Waals surface area contributed by atoms with Gasteiger partial charge in [0.15, 0.2) is 5.96 Å². The van der Waals surface area contributed by atoms with Crippen molar-refractivity contribution in [3.63, 3.8) is 0 Å². The highest BCUT2D eigenvalue weighted by Crippen LogP contribution is 2.46. The van der Waals surface area contributed by atoms with Crippen LogP contribution in [0.3, 0.4) is 0 Å². The predicted molar refractivity (Wildman–Crippen MR) is 110 cm³/mol. The molecular formula is C21H35N7. The maximum atomic E-state index is 4.59. The molecule has 7 heteroatoms. The van der Waals surface area contributed by atoms with Gasteiger partial charge in [-0.1, -0.05) is 6.42 Å². The molecule has 2 saturated carbocycles. The maximum absolute atomic E-state index is 4.59. The molecule has 7 nitrogen and oxygen atoms in total. The molecule has 2 bridgehead atoms. The molecule has 5 rings (SSSR count). The Balaban J connectivity index is 1.11. The summed E-state index contributed by atoms with van der Waals surface area (Å²) in [6.45, 7) is 8.66. The van der Waals surface area contributed by atoms with Crippen LogP contribution in [0.5, 0.6) is 0 Å². The van der Waals surface area contributed by atoms with Crippen LogP contribution in [-0.4, -0.2) is 76.3 Å². The Labute approximate surface area is 168 Å². The van der Waals surface area contributed by atoms with E-state index in [0.29, 0.717) is 5.92 Å². The Bertz CT molecular complexity index is 718. The molecule has 28 heavy (non-hydrogen) atoms. The smallest absolute Gasteiger partial charge is 0.193 e. The Hall–Kier alpha value is -1.63. The van der Waals surface area contributed by atoms with Gasteiger partial charge in [-0.05, 0) is 50.4 Å². The SMILES string of the molecule is CN=C(NCC1CCc2nnc(C)n2C1)N1CCN(C2CC3CCC2C3)CC1. The highest BCUT2D eigenvalue weighted by Gasteiger charge is 2.42. The number of nitrogens with one attached hydrogen (secondary N) is 1. The molecule has 0 amide bonds. The normalized spacial score (nSPS) is 33.4. The van der Waals surface area contributed by atoms with E-state index >= 15 is 0 Å². The molecule has 2 aliphatic heterocycles. The molecule has 1 aromatic heterocycles. The average Bonchev–Trinajstić information content (AvgIpc) is 3.45. The molecule has 0 radical (unpaired) electrons. The van der Waals surface area contributed by atoms with Crippen molar-refractivity contribution in [1.82, 2.24) is 29.9 Å². The fraction of sp³-hybridized carbons (Fsp3) is 0.857. The molecule has 4 aliphatic rings. The van der Waals surface area contributed by atoms with E-state index in [0.717, 1.165) is 68.1 Å². The first kappa shape index (κ1) is 18.4. The third-order valence-corrected chi connectivity index (χ3v) is 7.77. The van der Waals surface area contributed by atoms with E-state index in [4.69, 9.17) is 0 Å². The number of rotatable bonds is 3. The number of fused-ring (bicyclic) bond motifs is 3. The minimum atomic E-state index is 0.620. The summed E-state index contributed by atoms with van der Waals surface area (Å²) in [6.07, 6.45) is 8.16. The second-order valence-electron chi connectivity index (χ2n) is 9.37. The molecule has 1 saturated heterocycles. The van der Waals surface area contributed by atoms with Gasteiger partial charge in [-0.2, -0.15) is 0 Å². The van der Waals surface area contributed by atoms with Gasteiger partial charge in [0, 0.05) is 58.8 Å². The van der Waals surface area contributed by atoms with E-state index < -0.39 is 0 Å². The molecule has 1 aromatic rings. The Morgan fingerprint density at radius 2 is 1.96 bits per heavy atom. The predicted octanol–water partition coefficient (Wildman–Crippen LogP) is 1.53. The standard InChI is InChI=1S/C21H35N7/c1-15-24-25-20-6-4-17(14-28(15)20)13-23-21(22-2)27-9-7-26(8-10-27)19-12-16-3-5-18(19)11-16/h16-19H,3-14H2,1-2H3,(H,22,23). The lowest BCUT2D eigenvalue weighted by Gasteiger charge is -2.42. The zero-order valence-electron chi connectivity index (χ0n) is 17.5. The lowest BCUT2D eigenvalue weighted by Crippen LogP contribution is -2.56. The Morgan fingerprint density at radius 1 is 1.11 bits per heavy atom. The van der Waals surface area contributed by atoms with Gasteiger partial charge >= 0.3 is 0 Å². The van der Waals surface area contributed by atoms with Crippen LogP contribution >= 0.6 is 0 Å².